The average Bonchev–Trinajstić information content (AvgIpc) is 3.59. The zero-order valence-corrected chi connectivity index (χ0v) is 26.1. The van der Waals surface area contributed by atoms with Crippen LogP contribution in [-0.4, -0.2) is 54.1 Å². The van der Waals surface area contributed by atoms with E-state index in [4.69, 9.17) is 22.1 Å². The van der Waals surface area contributed by atoms with Crippen molar-refractivity contribution in [3.63, 3.8) is 0 Å². The Balaban J connectivity index is 1.12. The van der Waals surface area contributed by atoms with Crippen LogP contribution in [-0.2, 0) is 31.5 Å². The SMILES string of the molecule is Cc1csc(-c2ccc(CN3CCC(O)(Cn4cnc5c(-c6ccc(COC(N)=O)cc6)n(C)nc5c4=O)CC3)c(Cl)c2)c1. The number of thiophene rings is 1. The van der Waals surface area contributed by atoms with Gasteiger partial charge in [-0.2, -0.15) is 5.10 Å². The molecule has 0 bridgehead atoms. The molecule has 6 rings (SSSR count). The zero-order valence-electron chi connectivity index (χ0n) is 24.5. The van der Waals surface area contributed by atoms with Gasteiger partial charge in [0.15, 0.2) is 5.52 Å². The number of carbonyl (C=O) groups is 1. The largest absolute Gasteiger partial charge is 0.445 e. The summed E-state index contributed by atoms with van der Waals surface area (Å²) in [5, 5.41) is 18.8. The van der Waals surface area contributed by atoms with E-state index in [-0.39, 0.29) is 24.2 Å². The number of amides is 1. The molecule has 2 aromatic carbocycles. The Hall–Kier alpha value is -4.03. The number of aromatic nitrogens is 4. The lowest BCUT2D eigenvalue weighted by Crippen LogP contribution is -2.47. The molecule has 0 spiro atoms. The molecule has 0 unspecified atom stereocenters. The number of piperidine rings is 1. The minimum absolute atomic E-state index is 0.0714. The van der Waals surface area contributed by atoms with E-state index in [0.29, 0.717) is 43.7 Å². The van der Waals surface area contributed by atoms with Gasteiger partial charge >= 0.3 is 6.09 Å². The van der Waals surface area contributed by atoms with Gasteiger partial charge in [0.05, 0.1) is 24.2 Å². The molecule has 3 aromatic heterocycles. The number of rotatable bonds is 8. The van der Waals surface area contributed by atoms with Crippen molar-refractivity contribution in [2.24, 2.45) is 12.8 Å². The van der Waals surface area contributed by atoms with Crippen molar-refractivity contribution in [3.05, 3.63) is 92.3 Å². The number of primary amides is 1. The number of nitrogens with zero attached hydrogens (tertiary/aromatic N) is 5. The number of carbonyl (C=O) groups excluding carboxylic acids is 1. The van der Waals surface area contributed by atoms with Gasteiger partial charge in [-0.3, -0.25) is 18.9 Å². The number of nitrogens with two attached hydrogens (primary N) is 1. The number of hydrogen-bond donors (Lipinski definition) is 2. The van der Waals surface area contributed by atoms with E-state index in [0.717, 1.165) is 27.3 Å². The van der Waals surface area contributed by atoms with Crippen LogP contribution in [0.1, 0.15) is 29.5 Å². The molecule has 1 saturated heterocycles. The molecular weight excluding hydrogens is 600 g/mol. The Morgan fingerprint density at radius 2 is 1.84 bits per heavy atom. The Bertz CT molecular complexity index is 1890. The van der Waals surface area contributed by atoms with Gasteiger partial charge in [0.25, 0.3) is 5.56 Å². The van der Waals surface area contributed by atoms with E-state index in [2.05, 4.69) is 45.5 Å². The summed E-state index contributed by atoms with van der Waals surface area (Å²) in [4.78, 5) is 32.4. The summed E-state index contributed by atoms with van der Waals surface area (Å²) in [6, 6.07) is 15.7. The summed E-state index contributed by atoms with van der Waals surface area (Å²) in [6.07, 6.45) is 1.69. The second kappa shape index (κ2) is 12.2. The van der Waals surface area contributed by atoms with E-state index in [1.54, 1.807) is 23.1 Å². The number of hydrogen-bond acceptors (Lipinski definition) is 8. The van der Waals surface area contributed by atoms with Gasteiger partial charge in [-0.05, 0) is 59.5 Å². The Morgan fingerprint density at radius 3 is 2.50 bits per heavy atom. The number of aliphatic hydroxyl groups is 1. The molecule has 1 amide bonds. The molecule has 0 saturated carbocycles. The second-order valence-corrected chi connectivity index (χ2v) is 12.8. The van der Waals surface area contributed by atoms with Crippen molar-refractivity contribution in [1.82, 2.24) is 24.2 Å². The molecule has 12 heteroatoms. The molecule has 3 N–H and O–H groups in total. The predicted octanol–water partition coefficient (Wildman–Crippen LogP) is 5.11. The number of fused-ring (bicyclic) bond motifs is 1. The fourth-order valence-electron chi connectivity index (χ4n) is 5.70. The van der Waals surface area contributed by atoms with Crippen LogP contribution >= 0.6 is 22.9 Å². The third-order valence-electron chi connectivity index (χ3n) is 8.13. The Labute approximate surface area is 263 Å². The fraction of sp³-hybridized carbons (Fsp3) is 0.312. The van der Waals surface area contributed by atoms with Crippen molar-refractivity contribution in [1.29, 1.82) is 0 Å². The first-order chi connectivity index (χ1) is 21.1. The number of halogens is 1. The summed E-state index contributed by atoms with van der Waals surface area (Å²) < 4.78 is 7.93. The lowest BCUT2D eigenvalue weighted by atomic mass is 9.91. The van der Waals surface area contributed by atoms with E-state index in [1.807, 2.05) is 30.3 Å². The van der Waals surface area contributed by atoms with Gasteiger partial charge in [0, 0.05) is 42.1 Å². The van der Waals surface area contributed by atoms with Crippen molar-refractivity contribution in [2.45, 2.75) is 45.1 Å². The lowest BCUT2D eigenvalue weighted by Gasteiger charge is -2.38. The molecule has 1 aliphatic rings. The van der Waals surface area contributed by atoms with Gasteiger partial charge in [0.2, 0.25) is 0 Å². The van der Waals surface area contributed by atoms with E-state index >= 15 is 0 Å². The summed E-state index contributed by atoms with van der Waals surface area (Å²) in [5.41, 5.74) is 10.1. The first kappa shape index (κ1) is 30.0. The van der Waals surface area contributed by atoms with Crippen LogP contribution in [0, 0.1) is 6.92 Å². The summed E-state index contributed by atoms with van der Waals surface area (Å²) in [6.45, 7) is 4.35. The topological polar surface area (TPSA) is 128 Å². The van der Waals surface area contributed by atoms with Crippen LogP contribution in [0.15, 0.2) is 65.0 Å². The Kier molecular flexibility index (Phi) is 8.30. The second-order valence-electron chi connectivity index (χ2n) is 11.4. The first-order valence-corrected chi connectivity index (χ1v) is 15.6. The van der Waals surface area contributed by atoms with Crippen LogP contribution in [0.3, 0.4) is 0 Å². The third-order valence-corrected chi connectivity index (χ3v) is 9.58. The minimum atomic E-state index is -1.04. The molecule has 1 fully saturated rings. The highest BCUT2D eigenvalue weighted by molar-refractivity contribution is 7.13. The first-order valence-electron chi connectivity index (χ1n) is 14.3. The summed E-state index contributed by atoms with van der Waals surface area (Å²) in [7, 11) is 1.76. The fourth-order valence-corrected chi connectivity index (χ4v) is 6.84. The van der Waals surface area contributed by atoms with Crippen molar-refractivity contribution in [3.8, 4) is 21.7 Å². The maximum absolute atomic E-state index is 13.5. The molecule has 0 aliphatic carbocycles. The van der Waals surface area contributed by atoms with Gasteiger partial charge in [-0.15, -0.1) is 11.3 Å². The molecular formula is C32H33ClN6O4S. The third kappa shape index (κ3) is 6.27. The van der Waals surface area contributed by atoms with E-state index in [9.17, 15) is 14.7 Å². The number of ether oxygens (including phenoxy) is 1. The highest BCUT2D eigenvalue weighted by Crippen LogP contribution is 2.32. The monoisotopic (exact) mass is 632 g/mol. The van der Waals surface area contributed by atoms with E-state index < -0.39 is 11.7 Å². The summed E-state index contributed by atoms with van der Waals surface area (Å²) in [5.74, 6) is 0. The maximum Gasteiger partial charge on any atom is 0.404 e. The van der Waals surface area contributed by atoms with Crippen LogP contribution in [0.5, 0.6) is 0 Å². The number of aryl methyl sites for hydroxylation is 2. The predicted molar refractivity (Wildman–Crippen MR) is 172 cm³/mol. The van der Waals surface area contributed by atoms with Gasteiger partial charge < -0.3 is 15.6 Å². The lowest BCUT2D eigenvalue weighted by molar-refractivity contribution is -0.0364. The molecule has 10 nitrogen and oxygen atoms in total. The molecule has 4 heterocycles. The van der Waals surface area contributed by atoms with Gasteiger partial charge in [-0.25, -0.2) is 9.78 Å². The minimum Gasteiger partial charge on any atom is -0.445 e. The van der Waals surface area contributed by atoms with Crippen molar-refractivity contribution in [2.75, 3.05) is 13.1 Å². The molecule has 0 radical (unpaired) electrons. The normalized spacial score (nSPS) is 15.1. The molecule has 0 atom stereocenters. The van der Waals surface area contributed by atoms with Gasteiger partial charge in [-0.1, -0.05) is 48.0 Å². The zero-order chi connectivity index (χ0) is 31.0. The standard InChI is InChI=1S/C32H33ClN6O4S/c1-20-13-26(44-17-20)23-7-8-24(25(33)14-23)15-38-11-9-32(42,10-12-38)18-39-19-35-27-28(30(39)40)36-37(2)29(27)22-5-3-21(4-6-22)16-43-31(34)41/h3-8,13-14,17,19,42H,9-12,15-16,18H2,1-2H3,(H2,34,41). The molecule has 1 aliphatic heterocycles. The average molecular weight is 633 g/mol. The number of likely N-dealkylation sites (tertiary alicyclic amines) is 1. The quantitative estimate of drug-likeness (QED) is 0.243. The van der Waals surface area contributed by atoms with Crippen LogP contribution < -0.4 is 11.3 Å². The van der Waals surface area contributed by atoms with Crippen LogP contribution in [0.2, 0.25) is 5.02 Å². The molecule has 228 valence electrons. The number of benzene rings is 2. The Morgan fingerprint density at radius 1 is 1.11 bits per heavy atom. The molecule has 44 heavy (non-hydrogen) atoms. The van der Waals surface area contributed by atoms with Crippen molar-refractivity contribution < 1.29 is 14.6 Å². The van der Waals surface area contributed by atoms with Crippen LogP contribution in [0.4, 0.5) is 4.79 Å². The van der Waals surface area contributed by atoms with Crippen LogP contribution in [0.25, 0.3) is 32.7 Å². The smallest absolute Gasteiger partial charge is 0.404 e. The molecule has 5 aromatic rings. The maximum atomic E-state index is 13.5. The van der Waals surface area contributed by atoms with Crippen molar-refractivity contribution >= 4 is 40.1 Å². The highest BCUT2D eigenvalue weighted by atomic mass is 35.5. The van der Waals surface area contributed by atoms with Gasteiger partial charge in [0.1, 0.15) is 12.1 Å². The van der Waals surface area contributed by atoms with E-state index in [1.165, 1.54) is 21.3 Å². The highest BCUT2D eigenvalue weighted by Gasteiger charge is 2.33. The summed E-state index contributed by atoms with van der Waals surface area (Å²) >= 11 is 8.38.